The standard InChI is InChI=1S/C5H11O3P/c1-5(2,3)4(6)8-9-7/h4,6H,1-3H3. The molecule has 0 spiro atoms. The van der Waals surface area contributed by atoms with Gasteiger partial charge in [0, 0.05) is 5.41 Å². The van der Waals surface area contributed by atoms with Crippen LogP contribution in [0.25, 0.3) is 0 Å². The molecule has 4 heteroatoms. The van der Waals surface area contributed by atoms with Gasteiger partial charge in [0.2, 0.25) is 0 Å². The SMILES string of the molecule is CC(C)(C)C(O)OP=O. The average molecular weight is 150 g/mol. The Labute approximate surface area is 56.3 Å². The summed E-state index contributed by atoms with van der Waals surface area (Å²) in [6.07, 6.45) is -0.961. The summed E-state index contributed by atoms with van der Waals surface area (Å²) < 4.78 is 14.2. The quantitative estimate of drug-likeness (QED) is 0.480. The molecule has 0 radical (unpaired) electrons. The fraction of sp³-hybridized carbons (Fsp3) is 1.00. The van der Waals surface area contributed by atoms with Crippen molar-refractivity contribution >= 4 is 8.69 Å². The molecule has 1 N–H and O–H groups in total. The monoisotopic (exact) mass is 150 g/mol. The first-order chi connectivity index (χ1) is 3.98. The summed E-state index contributed by atoms with van der Waals surface area (Å²) in [5.74, 6) is 0. The van der Waals surface area contributed by atoms with Crippen molar-refractivity contribution in [2.24, 2.45) is 5.41 Å². The summed E-state index contributed by atoms with van der Waals surface area (Å²) >= 11 is 0. The van der Waals surface area contributed by atoms with Gasteiger partial charge in [-0.3, -0.25) is 4.52 Å². The first-order valence-corrected chi connectivity index (χ1v) is 3.38. The van der Waals surface area contributed by atoms with Gasteiger partial charge in [-0.15, -0.1) is 0 Å². The summed E-state index contributed by atoms with van der Waals surface area (Å²) in [7, 11) is -0.476. The van der Waals surface area contributed by atoms with Crippen molar-refractivity contribution in [3.8, 4) is 0 Å². The third-order valence-electron chi connectivity index (χ3n) is 0.884. The molecule has 0 aliphatic rings. The molecule has 1 atom stereocenters. The Kier molecular flexibility index (Phi) is 3.26. The molecular formula is C5H11O3P. The number of hydrogen-bond donors (Lipinski definition) is 1. The van der Waals surface area contributed by atoms with Gasteiger partial charge in [-0.2, -0.15) is 0 Å². The highest BCUT2D eigenvalue weighted by molar-refractivity contribution is 7.17. The van der Waals surface area contributed by atoms with E-state index < -0.39 is 15.0 Å². The van der Waals surface area contributed by atoms with Crippen LogP contribution in [0.2, 0.25) is 0 Å². The Bertz CT molecular complexity index is 96.9. The molecule has 0 aromatic heterocycles. The first kappa shape index (κ1) is 9.02. The second-order valence-corrected chi connectivity index (χ2v) is 3.26. The molecule has 3 nitrogen and oxygen atoms in total. The molecule has 0 aromatic carbocycles. The van der Waals surface area contributed by atoms with Crippen molar-refractivity contribution in [1.82, 2.24) is 0 Å². The molecule has 0 rings (SSSR count). The van der Waals surface area contributed by atoms with Crippen LogP contribution in [-0.2, 0) is 9.09 Å². The largest absolute Gasteiger partial charge is 0.367 e. The molecule has 0 fully saturated rings. The molecule has 0 amide bonds. The minimum atomic E-state index is -0.961. The number of aliphatic hydroxyl groups excluding tert-OH is 1. The third-order valence-corrected chi connectivity index (χ3v) is 1.17. The molecule has 0 aliphatic carbocycles. The zero-order chi connectivity index (χ0) is 7.49. The maximum absolute atomic E-state index is 9.78. The van der Waals surface area contributed by atoms with Gasteiger partial charge in [0.15, 0.2) is 6.29 Å². The van der Waals surface area contributed by atoms with Gasteiger partial charge in [0.1, 0.15) is 0 Å². The van der Waals surface area contributed by atoms with E-state index in [2.05, 4.69) is 4.52 Å². The lowest BCUT2D eigenvalue weighted by Crippen LogP contribution is -2.25. The van der Waals surface area contributed by atoms with Crippen molar-refractivity contribution in [2.45, 2.75) is 27.1 Å². The van der Waals surface area contributed by atoms with Crippen molar-refractivity contribution < 1.29 is 14.2 Å². The van der Waals surface area contributed by atoms with E-state index >= 15 is 0 Å². The summed E-state index contributed by atoms with van der Waals surface area (Å²) in [4.78, 5) is 0. The van der Waals surface area contributed by atoms with Crippen molar-refractivity contribution in [2.75, 3.05) is 0 Å². The van der Waals surface area contributed by atoms with Crippen LogP contribution in [0.1, 0.15) is 20.8 Å². The topological polar surface area (TPSA) is 46.5 Å². The highest BCUT2D eigenvalue weighted by Gasteiger charge is 2.22. The zero-order valence-electron chi connectivity index (χ0n) is 5.79. The Balaban J connectivity index is 3.72. The minimum absolute atomic E-state index is 0.364. The lowest BCUT2D eigenvalue weighted by Gasteiger charge is -2.21. The van der Waals surface area contributed by atoms with Crippen LogP contribution in [0.5, 0.6) is 0 Å². The lowest BCUT2D eigenvalue weighted by molar-refractivity contribution is -0.0859. The number of hydrogen-bond acceptors (Lipinski definition) is 3. The molecule has 0 saturated heterocycles. The molecule has 0 aliphatic heterocycles. The predicted octanol–water partition coefficient (Wildman–Crippen LogP) is 1.57. The Morgan fingerprint density at radius 2 is 2.00 bits per heavy atom. The van der Waals surface area contributed by atoms with E-state index in [0.717, 1.165) is 0 Å². The second-order valence-electron chi connectivity index (χ2n) is 2.90. The van der Waals surface area contributed by atoms with E-state index in [-0.39, 0.29) is 5.41 Å². The van der Waals surface area contributed by atoms with E-state index in [4.69, 9.17) is 5.11 Å². The minimum Gasteiger partial charge on any atom is -0.367 e. The lowest BCUT2D eigenvalue weighted by atomic mass is 9.96. The van der Waals surface area contributed by atoms with Crippen molar-refractivity contribution in [1.29, 1.82) is 0 Å². The highest BCUT2D eigenvalue weighted by Crippen LogP contribution is 2.22. The van der Waals surface area contributed by atoms with Crippen LogP contribution < -0.4 is 0 Å². The van der Waals surface area contributed by atoms with E-state index in [9.17, 15) is 4.57 Å². The van der Waals surface area contributed by atoms with Crippen LogP contribution in [0, 0.1) is 5.41 Å². The average Bonchev–Trinajstić information content (AvgIpc) is 1.64. The smallest absolute Gasteiger partial charge is 0.329 e. The fourth-order valence-corrected chi connectivity index (χ4v) is 0.597. The van der Waals surface area contributed by atoms with Crippen LogP contribution in [0.4, 0.5) is 0 Å². The zero-order valence-corrected chi connectivity index (χ0v) is 6.68. The fourth-order valence-electron chi connectivity index (χ4n) is 0.199. The maximum atomic E-state index is 9.78. The van der Waals surface area contributed by atoms with E-state index in [1.54, 1.807) is 20.8 Å². The van der Waals surface area contributed by atoms with Crippen LogP contribution in [0.15, 0.2) is 0 Å². The van der Waals surface area contributed by atoms with Gasteiger partial charge in [-0.05, 0) is 0 Å². The Morgan fingerprint density at radius 1 is 1.56 bits per heavy atom. The van der Waals surface area contributed by atoms with Crippen molar-refractivity contribution in [3.05, 3.63) is 0 Å². The Hall–Kier alpha value is 0.0200. The van der Waals surface area contributed by atoms with Gasteiger partial charge in [-0.1, -0.05) is 20.8 Å². The molecule has 54 valence electrons. The molecule has 0 saturated carbocycles. The van der Waals surface area contributed by atoms with Crippen LogP contribution in [0.3, 0.4) is 0 Å². The number of aliphatic hydroxyl groups is 1. The first-order valence-electron chi connectivity index (χ1n) is 2.65. The Morgan fingerprint density at radius 3 is 2.11 bits per heavy atom. The normalized spacial score (nSPS) is 16.0. The van der Waals surface area contributed by atoms with Gasteiger partial charge in [0.25, 0.3) is 0 Å². The molecule has 0 aromatic rings. The van der Waals surface area contributed by atoms with Gasteiger partial charge >= 0.3 is 8.69 Å². The second kappa shape index (κ2) is 3.25. The summed E-state index contributed by atoms with van der Waals surface area (Å²) in [6, 6.07) is 0. The predicted molar refractivity (Wildman–Crippen MR) is 34.2 cm³/mol. The third kappa shape index (κ3) is 3.57. The molecule has 1 unspecified atom stereocenters. The summed E-state index contributed by atoms with van der Waals surface area (Å²) in [6.45, 7) is 5.38. The maximum Gasteiger partial charge on any atom is 0.329 e. The summed E-state index contributed by atoms with van der Waals surface area (Å²) in [5.41, 5.74) is -0.364. The number of rotatable bonds is 2. The summed E-state index contributed by atoms with van der Waals surface area (Å²) in [5, 5.41) is 8.96. The van der Waals surface area contributed by atoms with E-state index in [1.165, 1.54) is 0 Å². The van der Waals surface area contributed by atoms with Crippen LogP contribution in [-0.4, -0.2) is 11.4 Å². The van der Waals surface area contributed by atoms with Crippen LogP contribution >= 0.6 is 8.69 Å². The van der Waals surface area contributed by atoms with Gasteiger partial charge in [-0.25, -0.2) is 4.57 Å². The molecule has 0 heterocycles. The van der Waals surface area contributed by atoms with Gasteiger partial charge < -0.3 is 5.11 Å². The highest BCUT2D eigenvalue weighted by atomic mass is 31.1. The van der Waals surface area contributed by atoms with E-state index in [1.807, 2.05) is 0 Å². The van der Waals surface area contributed by atoms with Crippen molar-refractivity contribution in [3.63, 3.8) is 0 Å². The molecule has 9 heavy (non-hydrogen) atoms. The molecular weight excluding hydrogens is 139 g/mol. The van der Waals surface area contributed by atoms with Gasteiger partial charge in [0.05, 0.1) is 0 Å². The van der Waals surface area contributed by atoms with E-state index in [0.29, 0.717) is 0 Å². The molecule has 0 bridgehead atoms.